The molecule has 0 aliphatic carbocycles. The van der Waals surface area contributed by atoms with E-state index in [9.17, 15) is 4.79 Å². The van der Waals surface area contributed by atoms with Crippen LogP contribution >= 0.6 is 24.2 Å². The van der Waals surface area contributed by atoms with Crippen LogP contribution in [0.4, 0.5) is 0 Å². The van der Waals surface area contributed by atoms with Gasteiger partial charge >= 0.3 is 0 Å². The van der Waals surface area contributed by atoms with E-state index in [1.165, 1.54) is 0 Å². The molecule has 1 aliphatic heterocycles. The van der Waals surface area contributed by atoms with Gasteiger partial charge in [-0.15, -0.1) is 24.2 Å². The Kier molecular flexibility index (Phi) is 7.23. The number of rotatable bonds is 5. The van der Waals surface area contributed by atoms with Crippen molar-refractivity contribution in [3.63, 3.8) is 0 Å². The van der Waals surface area contributed by atoms with Gasteiger partial charge in [-0.2, -0.15) is 0 Å². The molecule has 1 fully saturated rings. The van der Waals surface area contributed by atoms with Crippen molar-refractivity contribution in [2.24, 2.45) is 0 Å². The molecule has 0 bridgehead atoms. The number of aliphatic hydroxyl groups excluding tert-OH is 1. The third-order valence-electron chi connectivity index (χ3n) is 2.89. The average Bonchev–Trinajstić information content (AvgIpc) is 2.93. The van der Waals surface area contributed by atoms with Gasteiger partial charge in [0, 0.05) is 18.9 Å². The fraction of sp³-hybridized carbons (Fsp3) is 0.462. The number of hydrogen-bond donors (Lipinski definition) is 3. The number of hydrogen-bond acceptors (Lipinski definition) is 4. The Hall–Kier alpha value is -0.750. The molecule has 0 saturated carbocycles. The zero-order valence-electron chi connectivity index (χ0n) is 10.5. The Balaban J connectivity index is 0.00000180. The van der Waals surface area contributed by atoms with Crippen molar-refractivity contribution in [1.29, 1.82) is 0 Å². The Morgan fingerprint density at radius 3 is 2.79 bits per heavy atom. The highest BCUT2D eigenvalue weighted by Gasteiger charge is 2.25. The van der Waals surface area contributed by atoms with Crippen LogP contribution in [0.15, 0.2) is 30.3 Å². The van der Waals surface area contributed by atoms with Crippen LogP contribution < -0.4 is 10.6 Å². The summed E-state index contributed by atoms with van der Waals surface area (Å²) in [7, 11) is 0. The lowest BCUT2D eigenvalue weighted by Crippen LogP contribution is -2.40. The Morgan fingerprint density at radius 1 is 1.47 bits per heavy atom. The van der Waals surface area contributed by atoms with Crippen molar-refractivity contribution >= 4 is 30.1 Å². The van der Waals surface area contributed by atoms with Crippen molar-refractivity contribution < 1.29 is 9.90 Å². The molecule has 1 aromatic carbocycles. The van der Waals surface area contributed by atoms with Gasteiger partial charge in [-0.25, -0.2) is 0 Å². The fourth-order valence-electron chi connectivity index (χ4n) is 1.98. The molecule has 2 rings (SSSR count). The molecule has 0 aromatic heterocycles. The number of benzene rings is 1. The van der Waals surface area contributed by atoms with E-state index < -0.39 is 0 Å². The van der Waals surface area contributed by atoms with Crippen LogP contribution in [0.25, 0.3) is 0 Å². The second-order valence-corrected chi connectivity index (χ2v) is 5.40. The number of aliphatic hydroxyl groups is 1. The average molecular weight is 303 g/mol. The zero-order valence-corrected chi connectivity index (χ0v) is 12.2. The highest BCUT2D eigenvalue weighted by molar-refractivity contribution is 8.00. The number of carbonyl (C=O) groups excluding carboxylic acids is 1. The third-order valence-corrected chi connectivity index (χ3v) is 4.04. The summed E-state index contributed by atoms with van der Waals surface area (Å²) in [5.74, 6) is 0.966. The molecule has 6 heteroatoms. The molecule has 1 unspecified atom stereocenters. The van der Waals surface area contributed by atoms with Crippen LogP contribution in [0.1, 0.15) is 18.0 Å². The summed E-state index contributed by atoms with van der Waals surface area (Å²) >= 11 is 1.62. The minimum atomic E-state index is -0.157. The van der Waals surface area contributed by atoms with Gasteiger partial charge in [-0.3, -0.25) is 10.1 Å². The van der Waals surface area contributed by atoms with Gasteiger partial charge in [-0.1, -0.05) is 30.3 Å². The Bertz CT molecular complexity index is 385. The van der Waals surface area contributed by atoms with E-state index >= 15 is 0 Å². The summed E-state index contributed by atoms with van der Waals surface area (Å²) in [5, 5.41) is 15.1. The van der Waals surface area contributed by atoms with Crippen molar-refractivity contribution in [2.75, 3.05) is 18.9 Å². The summed E-state index contributed by atoms with van der Waals surface area (Å²) in [6.45, 7) is 0.934. The molecule has 4 nitrogen and oxygen atoms in total. The Labute approximate surface area is 123 Å². The van der Waals surface area contributed by atoms with Crippen molar-refractivity contribution in [3.8, 4) is 0 Å². The highest BCUT2D eigenvalue weighted by Crippen LogP contribution is 2.19. The maximum Gasteiger partial charge on any atom is 0.248 e. The lowest BCUT2D eigenvalue weighted by atomic mass is 10.0. The first-order chi connectivity index (χ1) is 8.81. The summed E-state index contributed by atoms with van der Waals surface area (Å²) in [4.78, 5) is 12.0. The highest BCUT2D eigenvalue weighted by atomic mass is 35.5. The number of nitrogens with one attached hydrogen (secondary N) is 2. The van der Waals surface area contributed by atoms with Crippen LogP contribution in [-0.4, -0.2) is 35.3 Å². The van der Waals surface area contributed by atoms with Gasteiger partial charge in [0.15, 0.2) is 0 Å². The minimum Gasteiger partial charge on any atom is -0.396 e. The maximum absolute atomic E-state index is 12.0. The van der Waals surface area contributed by atoms with E-state index in [-0.39, 0.29) is 36.3 Å². The molecular formula is C13H19ClN2O2S. The first kappa shape index (κ1) is 16.3. The summed E-state index contributed by atoms with van der Waals surface area (Å²) < 4.78 is 0. The first-order valence-corrected chi connectivity index (χ1v) is 7.17. The quantitative estimate of drug-likeness (QED) is 0.767. The molecule has 3 N–H and O–H groups in total. The van der Waals surface area contributed by atoms with E-state index in [2.05, 4.69) is 10.6 Å². The monoisotopic (exact) mass is 302 g/mol. The van der Waals surface area contributed by atoms with Gasteiger partial charge in [0.05, 0.1) is 6.04 Å². The van der Waals surface area contributed by atoms with Crippen LogP contribution in [0, 0.1) is 0 Å². The van der Waals surface area contributed by atoms with E-state index in [4.69, 9.17) is 5.11 Å². The number of thioether (sulfide) groups is 1. The van der Waals surface area contributed by atoms with Crippen LogP contribution in [0.2, 0.25) is 0 Å². The smallest absolute Gasteiger partial charge is 0.248 e. The lowest BCUT2D eigenvalue weighted by Gasteiger charge is -2.20. The third kappa shape index (κ3) is 4.69. The standard InChI is InChI=1S/C13H18N2O2S.ClH/c16-8-6-11(10-4-2-1-3-5-10)15-12(17)13-14-7-9-18-13;/h1-5,11,13-14,16H,6-9H2,(H,15,17);1H/t11-,13?;/m0./s1. The van der Waals surface area contributed by atoms with Crippen molar-refractivity contribution in [1.82, 2.24) is 10.6 Å². The largest absolute Gasteiger partial charge is 0.396 e. The van der Waals surface area contributed by atoms with Crippen LogP contribution in [0.3, 0.4) is 0 Å². The number of halogens is 1. The SMILES string of the molecule is Cl.O=C(N[C@@H](CCO)c1ccccc1)C1NCCS1. The van der Waals surface area contributed by atoms with E-state index in [0.717, 1.165) is 17.9 Å². The van der Waals surface area contributed by atoms with Gasteiger partial charge < -0.3 is 10.4 Å². The van der Waals surface area contributed by atoms with Crippen molar-refractivity contribution in [2.45, 2.75) is 17.8 Å². The molecule has 1 saturated heterocycles. The van der Waals surface area contributed by atoms with E-state index in [1.54, 1.807) is 11.8 Å². The molecule has 1 aromatic rings. The summed E-state index contributed by atoms with van der Waals surface area (Å²) in [6.07, 6.45) is 0.535. The molecule has 2 atom stereocenters. The lowest BCUT2D eigenvalue weighted by molar-refractivity contribution is -0.121. The van der Waals surface area contributed by atoms with Gasteiger partial charge in [0.1, 0.15) is 5.37 Å². The zero-order chi connectivity index (χ0) is 12.8. The van der Waals surface area contributed by atoms with Crippen LogP contribution in [-0.2, 0) is 4.79 Å². The predicted octanol–water partition coefficient (Wildman–Crippen LogP) is 1.31. The topological polar surface area (TPSA) is 61.4 Å². The fourth-order valence-corrected chi connectivity index (χ4v) is 2.90. The first-order valence-electron chi connectivity index (χ1n) is 6.12. The van der Waals surface area contributed by atoms with Crippen molar-refractivity contribution in [3.05, 3.63) is 35.9 Å². The van der Waals surface area contributed by atoms with Gasteiger partial charge in [0.2, 0.25) is 5.91 Å². The van der Waals surface area contributed by atoms with E-state index in [0.29, 0.717) is 6.42 Å². The molecule has 19 heavy (non-hydrogen) atoms. The molecule has 1 heterocycles. The maximum atomic E-state index is 12.0. The van der Waals surface area contributed by atoms with E-state index in [1.807, 2.05) is 30.3 Å². The van der Waals surface area contributed by atoms with Crippen LogP contribution in [0.5, 0.6) is 0 Å². The molecule has 0 spiro atoms. The summed E-state index contributed by atoms with van der Waals surface area (Å²) in [5.41, 5.74) is 1.03. The molecule has 1 aliphatic rings. The molecule has 106 valence electrons. The summed E-state index contributed by atoms with van der Waals surface area (Å²) in [6, 6.07) is 9.64. The number of amides is 1. The second-order valence-electron chi connectivity index (χ2n) is 4.19. The normalized spacial score (nSPS) is 19.5. The predicted molar refractivity (Wildman–Crippen MR) is 80.5 cm³/mol. The molecular weight excluding hydrogens is 284 g/mol. The van der Waals surface area contributed by atoms with Gasteiger partial charge in [-0.05, 0) is 12.0 Å². The second kappa shape index (κ2) is 8.43. The van der Waals surface area contributed by atoms with Gasteiger partial charge in [0.25, 0.3) is 0 Å². The molecule has 0 radical (unpaired) electrons. The molecule has 1 amide bonds. The Morgan fingerprint density at radius 2 is 2.21 bits per heavy atom. The number of carbonyl (C=O) groups is 1. The minimum absolute atomic E-state index is 0.